The number of carbonyl (C=O) groups excluding carboxylic acids is 2. The Morgan fingerprint density at radius 2 is 1.96 bits per heavy atom. The molecule has 0 saturated carbocycles. The zero-order chi connectivity index (χ0) is 18.9. The second-order valence-electron chi connectivity index (χ2n) is 7.76. The molecule has 2 aliphatic rings. The number of nitrogens with zero attached hydrogens (tertiary/aromatic N) is 2. The van der Waals surface area contributed by atoms with Crippen molar-refractivity contribution in [2.75, 3.05) is 19.6 Å². The average molecular weight is 358 g/mol. The predicted molar refractivity (Wildman–Crippen MR) is 96.2 cm³/mol. The van der Waals surface area contributed by atoms with Crippen molar-refractivity contribution in [3.63, 3.8) is 0 Å². The number of piperidine rings is 1. The Bertz CT molecular complexity index is 705. The van der Waals surface area contributed by atoms with E-state index < -0.39 is 11.4 Å². The fourth-order valence-electron chi connectivity index (χ4n) is 4.04. The minimum Gasteiger partial charge on any atom is -0.481 e. The second-order valence-corrected chi connectivity index (χ2v) is 7.76. The van der Waals surface area contributed by atoms with E-state index in [9.17, 15) is 19.5 Å². The van der Waals surface area contributed by atoms with E-state index in [-0.39, 0.29) is 36.7 Å². The molecule has 2 amide bonds. The van der Waals surface area contributed by atoms with Crippen molar-refractivity contribution < 1.29 is 19.5 Å². The highest BCUT2D eigenvalue weighted by molar-refractivity contribution is 5.90. The number of carboxylic acid groups (broad SMARTS) is 1. The number of carboxylic acids is 1. The van der Waals surface area contributed by atoms with Crippen molar-refractivity contribution in [3.05, 3.63) is 35.9 Å². The first kappa shape index (κ1) is 18.4. The summed E-state index contributed by atoms with van der Waals surface area (Å²) >= 11 is 0. The number of amides is 2. The van der Waals surface area contributed by atoms with Crippen LogP contribution in [0.2, 0.25) is 0 Å². The molecule has 2 aliphatic heterocycles. The molecule has 3 unspecified atom stereocenters. The molecular weight excluding hydrogens is 332 g/mol. The van der Waals surface area contributed by atoms with Crippen LogP contribution >= 0.6 is 0 Å². The smallest absolute Gasteiger partial charge is 0.311 e. The maximum absolute atomic E-state index is 12.9. The number of likely N-dealkylation sites (tertiary alicyclic amines) is 2. The van der Waals surface area contributed by atoms with Gasteiger partial charge in [0.05, 0.1) is 17.4 Å². The molecule has 0 aliphatic carbocycles. The van der Waals surface area contributed by atoms with Gasteiger partial charge < -0.3 is 14.9 Å². The maximum Gasteiger partial charge on any atom is 0.311 e. The highest BCUT2D eigenvalue weighted by atomic mass is 16.4. The largest absolute Gasteiger partial charge is 0.481 e. The Kier molecular flexibility index (Phi) is 5.03. The molecule has 0 radical (unpaired) electrons. The summed E-state index contributed by atoms with van der Waals surface area (Å²) < 4.78 is 0. The lowest BCUT2D eigenvalue weighted by Crippen LogP contribution is -2.50. The molecule has 6 heteroatoms. The molecule has 1 N–H and O–H groups in total. The van der Waals surface area contributed by atoms with E-state index in [1.165, 1.54) is 0 Å². The van der Waals surface area contributed by atoms with Crippen molar-refractivity contribution in [3.8, 4) is 0 Å². The van der Waals surface area contributed by atoms with Crippen molar-refractivity contribution in [2.24, 2.45) is 11.3 Å². The lowest BCUT2D eigenvalue weighted by molar-refractivity contribution is -0.154. The third kappa shape index (κ3) is 3.45. The van der Waals surface area contributed by atoms with Gasteiger partial charge in [-0.25, -0.2) is 0 Å². The van der Waals surface area contributed by atoms with Gasteiger partial charge in [-0.15, -0.1) is 0 Å². The summed E-state index contributed by atoms with van der Waals surface area (Å²) in [6, 6.07) is 9.70. The van der Waals surface area contributed by atoms with Gasteiger partial charge in [0.2, 0.25) is 11.8 Å². The van der Waals surface area contributed by atoms with E-state index >= 15 is 0 Å². The second kappa shape index (κ2) is 7.09. The molecule has 0 spiro atoms. The van der Waals surface area contributed by atoms with E-state index in [0.29, 0.717) is 25.9 Å². The first-order chi connectivity index (χ1) is 12.3. The van der Waals surface area contributed by atoms with Gasteiger partial charge >= 0.3 is 5.97 Å². The zero-order valence-electron chi connectivity index (χ0n) is 15.4. The van der Waals surface area contributed by atoms with Crippen molar-refractivity contribution in [2.45, 2.75) is 39.2 Å². The monoisotopic (exact) mass is 358 g/mol. The van der Waals surface area contributed by atoms with Crippen LogP contribution in [0.3, 0.4) is 0 Å². The highest BCUT2D eigenvalue weighted by Gasteiger charge is 2.43. The van der Waals surface area contributed by atoms with E-state index in [1.54, 1.807) is 16.7 Å². The fourth-order valence-corrected chi connectivity index (χ4v) is 4.04. The lowest BCUT2D eigenvalue weighted by atomic mass is 9.81. The molecule has 1 aromatic rings. The van der Waals surface area contributed by atoms with Crippen LogP contribution in [0.25, 0.3) is 0 Å². The number of hydrogen-bond donors (Lipinski definition) is 1. The molecule has 1 aromatic carbocycles. The Labute approximate surface area is 153 Å². The molecule has 2 fully saturated rings. The van der Waals surface area contributed by atoms with Crippen LogP contribution in [-0.4, -0.2) is 52.3 Å². The minimum absolute atomic E-state index is 0.0160. The molecule has 6 nitrogen and oxygen atoms in total. The molecule has 0 bridgehead atoms. The van der Waals surface area contributed by atoms with Crippen molar-refractivity contribution >= 4 is 17.8 Å². The Morgan fingerprint density at radius 1 is 1.27 bits per heavy atom. The summed E-state index contributed by atoms with van der Waals surface area (Å²) in [6.45, 7) is 4.86. The Balaban J connectivity index is 1.68. The number of aliphatic carboxylic acids is 1. The first-order valence-corrected chi connectivity index (χ1v) is 9.18. The number of rotatable bonds is 4. The maximum atomic E-state index is 12.9. The van der Waals surface area contributed by atoms with Gasteiger partial charge in [-0.2, -0.15) is 0 Å². The van der Waals surface area contributed by atoms with E-state index in [0.717, 1.165) is 5.56 Å². The quantitative estimate of drug-likeness (QED) is 0.896. The van der Waals surface area contributed by atoms with Crippen molar-refractivity contribution in [1.29, 1.82) is 0 Å². The summed E-state index contributed by atoms with van der Waals surface area (Å²) in [6.07, 6.45) is 1.46. The van der Waals surface area contributed by atoms with Gasteiger partial charge in [0.25, 0.3) is 0 Å². The summed E-state index contributed by atoms with van der Waals surface area (Å²) in [5.74, 6) is -1.35. The molecule has 26 heavy (non-hydrogen) atoms. The molecule has 3 atom stereocenters. The Hall–Kier alpha value is -2.37. The van der Waals surface area contributed by atoms with E-state index in [4.69, 9.17) is 0 Å². The topological polar surface area (TPSA) is 77.9 Å². The average Bonchev–Trinajstić information content (AvgIpc) is 3.03. The number of benzene rings is 1. The summed E-state index contributed by atoms with van der Waals surface area (Å²) in [5, 5.41) is 9.45. The van der Waals surface area contributed by atoms with Crippen LogP contribution in [0.5, 0.6) is 0 Å². The molecular formula is C20H26N2O4. The number of hydrogen-bond acceptors (Lipinski definition) is 3. The van der Waals surface area contributed by atoms with Gasteiger partial charge in [0.15, 0.2) is 0 Å². The summed E-state index contributed by atoms with van der Waals surface area (Å²) in [5.41, 5.74) is 0.151. The normalized spacial score (nSPS) is 27.5. The van der Waals surface area contributed by atoms with Gasteiger partial charge in [-0.1, -0.05) is 30.3 Å². The van der Waals surface area contributed by atoms with E-state index in [1.807, 2.05) is 37.3 Å². The third-order valence-corrected chi connectivity index (χ3v) is 5.78. The number of carbonyl (C=O) groups is 3. The molecule has 140 valence electrons. The standard InChI is InChI=1S/C20H26N2O4/c1-14(15-7-4-3-5-8-15)22-12-16(11-17(22)23)18(24)21-10-6-9-20(2,13-21)19(25)26/h3-5,7-8,14,16H,6,9-13H2,1-2H3,(H,25,26). The molecule has 3 rings (SSSR count). The van der Waals surface area contributed by atoms with Crippen molar-refractivity contribution in [1.82, 2.24) is 9.80 Å². The van der Waals surface area contributed by atoms with Crippen LogP contribution < -0.4 is 0 Å². The first-order valence-electron chi connectivity index (χ1n) is 9.18. The molecule has 0 aromatic heterocycles. The fraction of sp³-hybridized carbons (Fsp3) is 0.550. The van der Waals surface area contributed by atoms with Gasteiger partial charge in [0.1, 0.15) is 0 Å². The van der Waals surface area contributed by atoms with Gasteiger partial charge in [-0.3, -0.25) is 14.4 Å². The van der Waals surface area contributed by atoms with Gasteiger partial charge in [-0.05, 0) is 32.3 Å². The molecule has 2 heterocycles. The van der Waals surface area contributed by atoms with Crippen LogP contribution in [0.4, 0.5) is 0 Å². The van der Waals surface area contributed by atoms with Crippen LogP contribution in [0.1, 0.15) is 44.7 Å². The lowest BCUT2D eigenvalue weighted by Gasteiger charge is -2.38. The summed E-state index contributed by atoms with van der Waals surface area (Å²) in [4.78, 5) is 40.3. The third-order valence-electron chi connectivity index (χ3n) is 5.78. The Morgan fingerprint density at radius 3 is 2.62 bits per heavy atom. The highest BCUT2D eigenvalue weighted by Crippen LogP contribution is 2.33. The van der Waals surface area contributed by atoms with Crippen LogP contribution in [0, 0.1) is 11.3 Å². The van der Waals surface area contributed by atoms with E-state index in [2.05, 4.69) is 0 Å². The van der Waals surface area contributed by atoms with Gasteiger partial charge in [0, 0.05) is 26.1 Å². The minimum atomic E-state index is -0.895. The van der Waals surface area contributed by atoms with Crippen LogP contribution in [0.15, 0.2) is 30.3 Å². The zero-order valence-corrected chi connectivity index (χ0v) is 15.4. The molecule has 2 saturated heterocycles. The predicted octanol–water partition coefficient (Wildman–Crippen LogP) is 2.31. The summed E-state index contributed by atoms with van der Waals surface area (Å²) in [7, 11) is 0. The SMILES string of the molecule is CC(c1ccccc1)N1CC(C(=O)N2CCCC(C)(C(=O)O)C2)CC1=O. The van der Waals surface area contributed by atoms with Crippen LogP contribution in [-0.2, 0) is 14.4 Å².